The van der Waals surface area contributed by atoms with Crippen LogP contribution in [0.4, 0.5) is 0 Å². The maximum Gasteiger partial charge on any atom is 0.147 e. The third kappa shape index (κ3) is 3.14. The molecular formula is C19H22O3. The first kappa shape index (κ1) is 16.1. The molecule has 0 saturated heterocycles. The molecule has 0 aliphatic carbocycles. The van der Waals surface area contributed by atoms with Crippen molar-refractivity contribution in [1.82, 2.24) is 0 Å². The van der Waals surface area contributed by atoms with Crippen molar-refractivity contribution in [3.8, 4) is 11.5 Å². The number of benzene rings is 2. The van der Waals surface area contributed by atoms with E-state index >= 15 is 0 Å². The zero-order chi connectivity index (χ0) is 16.4. The lowest BCUT2D eigenvalue weighted by Gasteiger charge is -2.18. The highest BCUT2D eigenvalue weighted by Crippen LogP contribution is 2.30. The minimum atomic E-state index is -0.247. The van der Waals surface area contributed by atoms with Gasteiger partial charge in [0.2, 0.25) is 0 Å². The second-order valence-corrected chi connectivity index (χ2v) is 5.94. The van der Waals surface area contributed by atoms with Gasteiger partial charge in [-0.1, -0.05) is 38.1 Å². The first-order chi connectivity index (χ1) is 10.3. The van der Waals surface area contributed by atoms with Crippen LogP contribution in [0.1, 0.15) is 47.9 Å². The predicted molar refractivity (Wildman–Crippen MR) is 87.5 cm³/mol. The zero-order valence-corrected chi connectivity index (χ0v) is 13.4. The van der Waals surface area contributed by atoms with Gasteiger partial charge in [0.25, 0.3) is 0 Å². The van der Waals surface area contributed by atoms with Gasteiger partial charge in [0, 0.05) is 11.8 Å². The molecular weight excluding hydrogens is 276 g/mol. The molecule has 2 atom stereocenters. The normalized spacial score (nSPS) is 13.6. The first-order valence-electron chi connectivity index (χ1n) is 7.44. The van der Waals surface area contributed by atoms with Crippen LogP contribution in [0, 0.1) is 13.8 Å². The Morgan fingerprint density at radius 2 is 1.18 bits per heavy atom. The quantitative estimate of drug-likeness (QED) is 0.889. The van der Waals surface area contributed by atoms with Crippen molar-refractivity contribution in [1.29, 1.82) is 0 Å². The number of hydrogen-bond donors (Lipinski definition) is 2. The summed E-state index contributed by atoms with van der Waals surface area (Å²) in [5, 5.41) is 19.2. The summed E-state index contributed by atoms with van der Waals surface area (Å²) >= 11 is 0. The van der Waals surface area contributed by atoms with Gasteiger partial charge in [0.15, 0.2) is 0 Å². The third-order valence-electron chi connectivity index (χ3n) is 4.30. The van der Waals surface area contributed by atoms with Gasteiger partial charge in [-0.2, -0.15) is 0 Å². The van der Waals surface area contributed by atoms with Crippen LogP contribution in [0.25, 0.3) is 0 Å². The van der Waals surface area contributed by atoms with Crippen molar-refractivity contribution in [3.05, 3.63) is 58.7 Å². The van der Waals surface area contributed by atoms with Gasteiger partial charge in [-0.15, -0.1) is 0 Å². The predicted octanol–water partition coefficient (Wildman–Crippen LogP) is 4.19. The second-order valence-electron chi connectivity index (χ2n) is 5.94. The van der Waals surface area contributed by atoms with Crippen molar-refractivity contribution in [2.45, 2.75) is 39.5 Å². The number of aryl methyl sites for hydroxylation is 2. The van der Waals surface area contributed by atoms with Gasteiger partial charge in [-0.3, -0.25) is 4.79 Å². The highest BCUT2D eigenvalue weighted by atomic mass is 16.3. The Morgan fingerprint density at radius 3 is 1.50 bits per heavy atom. The number of hydrogen-bond acceptors (Lipinski definition) is 3. The van der Waals surface area contributed by atoms with Crippen LogP contribution in [0.5, 0.6) is 11.5 Å². The number of phenolic OH excluding ortho intramolecular Hbond substituents is 2. The summed E-state index contributed by atoms with van der Waals surface area (Å²) in [4.78, 5) is 12.7. The van der Waals surface area contributed by atoms with Gasteiger partial charge in [0.05, 0.1) is 0 Å². The Labute approximate surface area is 131 Å². The number of Topliss-reactive ketones (excluding diaryl/α,β-unsaturated/α-hetero) is 1. The van der Waals surface area contributed by atoms with Gasteiger partial charge in [-0.05, 0) is 48.2 Å². The maximum atomic E-state index is 12.7. The average Bonchev–Trinajstić information content (AvgIpc) is 2.50. The summed E-state index contributed by atoms with van der Waals surface area (Å²) in [7, 11) is 0. The minimum Gasteiger partial charge on any atom is -0.508 e. The van der Waals surface area contributed by atoms with Gasteiger partial charge >= 0.3 is 0 Å². The molecule has 2 N–H and O–H groups in total. The highest BCUT2D eigenvalue weighted by molar-refractivity contribution is 5.91. The van der Waals surface area contributed by atoms with Crippen LogP contribution >= 0.6 is 0 Å². The fourth-order valence-corrected chi connectivity index (χ4v) is 2.60. The minimum absolute atomic E-state index is 0.121. The monoisotopic (exact) mass is 298 g/mol. The van der Waals surface area contributed by atoms with Gasteiger partial charge < -0.3 is 10.2 Å². The van der Waals surface area contributed by atoms with E-state index in [0.29, 0.717) is 0 Å². The van der Waals surface area contributed by atoms with Crippen LogP contribution in [0.15, 0.2) is 36.4 Å². The molecule has 0 amide bonds. The lowest BCUT2D eigenvalue weighted by Crippen LogP contribution is -2.16. The van der Waals surface area contributed by atoms with Crippen LogP contribution in [0.2, 0.25) is 0 Å². The van der Waals surface area contributed by atoms with E-state index in [4.69, 9.17) is 0 Å². The van der Waals surface area contributed by atoms with Crippen LogP contribution < -0.4 is 0 Å². The molecule has 0 aromatic heterocycles. The van der Waals surface area contributed by atoms with E-state index in [1.165, 1.54) is 0 Å². The molecule has 3 heteroatoms. The van der Waals surface area contributed by atoms with Crippen LogP contribution in [0.3, 0.4) is 0 Å². The molecule has 116 valence electrons. The van der Waals surface area contributed by atoms with E-state index < -0.39 is 0 Å². The van der Waals surface area contributed by atoms with E-state index in [2.05, 4.69) is 0 Å². The van der Waals surface area contributed by atoms with Crippen molar-refractivity contribution in [2.24, 2.45) is 0 Å². The van der Waals surface area contributed by atoms with Crippen molar-refractivity contribution in [3.63, 3.8) is 0 Å². The molecule has 0 spiro atoms. The number of carbonyl (C=O) groups is 1. The number of carbonyl (C=O) groups excluding carboxylic acids is 1. The largest absolute Gasteiger partial charge is 0.508 e. The summed E-state index contributed by atoms with van der Waals surface area (Å²) < 4.78 is 0. The molecule has 0 bridgehead atoms. The second kappa shape index (κ2) is 6.22. The van der Waals surface area contributed by atoms with E-state index in [0.717, 1.165) is 22.3 Å². The van der Waals surface area contributed by atoms with Crippen molar-refractivity contribution >= 4 is 5.78 Å². The molecule has 2 aromatic carbocycles. The standard InChI is InChI=1S/C19H22O3/c1-11-9-15(5-7-17(11)20)13(3)19(22)14(4)16-6-8-18(21)12(2)10-16/h5-10,13-14,20-21H,1-4H3. The highest BCUT2D eigenvalue weighted by Gasteiger charge is 2.23. The average molecular weight is 298 g/mol. The SMILES string of the molecule is Cc1cc(C(C)C(=O)C(C)c2ccc(O)c(C)c2)ccc1O. The molecule has 0 radical (unpaired) electrons. The summed E-state index contributed by atoms with van der Waals surface area (Å²) in [6.07, 6.45) is 0. The summed E-state index contributed by atoms with van der Waals surface area (Å²) in [5.41, 5.74) is 3.35. The summed E-state index contributed by atoms with van der Waals surface area (Å²) in [6, 6.07) is 10.5. The lowest BCUT2D eigenvalue weighted by atomic mass is 9.85. The number of ketones is 1. The van der Waals surface area contributed by atoms with Gasteiger partial charge in [0.1, 0.15) is 17.3 Å². The fraction of sp³-hybridized carbons (Fsp3) is 0.316. The molecule has 0 saturated carbocycles. The van der Waals surface area contributed by atoms with Crippen molar-refractivity contribution in [2.75, 3.05) is 0 Å². The Morgan fingerprint density at radius 1 is 0.818 bits per heavy atom. The topological polar surface area (TPSA) is 57.5 Å². The third-order valence-corrected chi connectivity index (χ3v) is 4.30. The molecule has 0 aliphatic rings. The van der Waals surface area contributed by atoms with Gasteiger partial charge in [-0.25, -0.2) is 0 Å². The molecule has 2 unspecified atom stereocenters. The van der Waals surface area contributed by atoms with E-state index in [1.54, 1.807) is 24.3 Å². The molecule has 2 rings (SSSR count). The maximum absolute atomic E-state index is 12.7. The molecule has 0 aliphatic heterocycles. The fourth-order valence-electron chi connectivity index (χ4n) is 2.60. The van der Waals surface area contributed by atoms with E-state index in [-0.39, 0.29) is 29.1 Å². The number of aromatic hydroxyl groups is 2. The Kier molecular flexibility index (Phi) is 4.55. The zero-order valence-electron chi connectivity index (χ0n) is 13.4. The van der Waals surface area contributed by atoms with Crippen LogP contribution in [-0.4, -0.2) is 16.0 Å². The molecule has 0 fully saturated rings. The molecule has 0 heterocycles. The Balaban J connectivity index is 2.25. The lowest BCUT2D eigenvalue weighted by molar-refractivity contribution is -0.121. The number of phenols is 2. The van der Waals surface area contributed by atoms with E-state index in [1.807, 2.05) is 39.8 Å². The molecule has 22 heavy (non-hydrogen) atoms. The first-order valence-corrected chi connectivity index (χ1v) is 7.44. The van der Waals surface area contributed by atoms with Crippen molar-refractivity contribution < 1.29 is 15.0 Å². The Bertz CT molecular complexity index is 644. The number of rotatable bonds is 4. The summed E-state index contributed by atoms with van der Waals surface area (Å²) in [5.74, 6) is 0.109. The molecule has 3 nitrogen and oxygen atoms in total. The molecule has 2 aromatic rings. The Hall–Kier alpha value is -2.29. The summed E-state index contributed by atoms with van der Waals surface area (Å²) in [6.45, 7) is 7.42. The van der Waals surface area contributed by atoms with Crippen LogP contribution in [-0.2, 0) is 4.79 Å². The van der Waals surface area contributed by atoms with E-state index in [9.17, 15) is 15.0 Å². The smallest absolute Gasteiger partial charge is 0.147 e.